The first-order chi connectivity index (χ1) is 14.8. The molecule has 2 fully saturated rings. The van der Waals surface area contributed by atoms with Crippen molar-refractivity contribution in [1.29, 1.82) is 0 Å². The second kappa shape index (κ2) is 8.42. The topological polar surface area (TPSA) is 67.5 Å². The maximum atomic E-state index is 13.3. The Morgan fingerprint density at radius 1 is 1.03 bits per heavy atom. The molecule has 1 aliphatic heterocycles. The lowest BCUT2D eigenvalue weighted by atomic mass is 10.1. The number of carbonyl (C=O) groups excluding carboxylic acids is 1. The minimum Gasteiger partial charge on any atom is -0.348 e. The van der Waals surface area contributed by atoms with E-state index in [1.807, 2.05) is 53.4 Å². The minimum absolute atomic E-state index is 0.0188. The van der Waals surface area contributed by atoms with E-state index < -0.39 is 0 Å². The maximum absolute atomic E-state index is 13.3. The molecule has 1 amide bonds. The van der Waals surface area contributed by atoms with E-state index in [0.29, 0.717) is 32.2 Å². The molecule has 6 nitrogen and oxygen atoms in total. The Balaban J connectivity index is 1.31. The van der Waals surface area contributed by atoms with Gasteiger partial charge in [-0.05, 0) is 17.9 Å². The van der Waals surface area contributed by atoms with Crippen LogP contribution >= 0.6 is 0 Å². The van der Waals surface area contributed by atoms with Gasteiger partial charge in [-0.15, -0.1) is 0 Å². The van der Waals surface area contributed by atoms with Crippen LogP contribution in [-0.4, -0.2) is 46.8 Å². The zero-order chi connectivity index (χ0) is 20.3. The lowest BCUT2D eigenvalue weighted by Crippen LogP contribution is -2.38. The molecular weight excluding hydrogens is 378 g/mol. The molecule has 5 rings (SSSR count). The number of nitrogens with zero attached hydrogens (tertiary/aromatic N) is 2. The van der Waals surface area contributed by atoms with Crippen LogP contribution in [0, 0.1) is 5.92 Å². The highest BCUT2D eigenvalue weighted by Gasteiger charge is 2.46. The molecule has 1 saturated heterocycles. The Morgan fingerprint density at radius 2 is 1.73 bits per heavy atom. The SMILES string of the molecule is O=C([C@@H]1C[C@H]1c1ccccc1)N(Cc1cnc(-c2ccccc2)[nH]1)CC1OCCO1. The van der Waals surface area contributed by atoms with Gasteiger partial charge >= 0.3 is 0 Å². The molecule has 1 saturated carbocycles. The van der Waals surface area contributed by atoms with Gasteiger partial charge in [0.25, 0.3) is 0 Å². The minimum atomic E-state index is -0.362. The molecule has 2 aromatic carbocycles. The average molecular weight is 403 g/mol. The van der Waals surface area contributed by atoms with E-state index in [1.54, 1.807) is 6.20 Å². The molecule has 6 heteroatoms. The molecule has 2 atom stereocenters. The summed E-state index contributed by atoms with van der Waals surface area (Å²) in [5, 5.41) is 0. The van der Waals surface area contributed by atoms with Crippen molar-refractivity contribution in [2.24, 2.45) is 5.92 Å². The molecule has 154 valence electrons. The van der Waals surface area contributed by atoms with Crippen LogP contribution in [-0.2, 0) is 20.8 Å². The van der Waals surface area contributed by atoms with Crippen LogP contribution in [0.25, 0.3) is 11.4 Å². The Labute approximate surface area is 175 Å². The van der Waals surface area contributed by atoms with Crippen molar-refractivity contribution in [3.63, 3.8) is 0 Å². The Bertz CT molecular complexity index is 983. The fraction of sp³-hybridized carbons (Fsp3) is 0.333. The first-order valence-electron chi connectivity index (χ1n) is 10.4. The number of aromatic amines is 1. The van der Waals surface area contributed by atoms with Crippen molar-refractivity contribution in [1.82, 2.24) is 14.9 Å². The first-order valence-corrected chi connectivity index (χ1v) is 10.4. The third kappa shape index (κ3) is 4.15. The molecule has 0 bridgehead atoms. The smallest absolute Gasteiger partial charge is 0.226 e. The molecule has 30 heavy (non-hydrogen) atoms. The molecular formula is C24H25N3O3. The van der Waals surface area contributed by atoms with E-state index in [1.165, 1.54) is 5.56 Å². The van der Waals surface area contributed by atoms with Gasteiger partial charge in [-0.1, -0.05) is 60.7 Å². The number of imidazole rings is 1. The highest BCUT2D eigenvalue weighted by atomic mass is 16.7. The summed E-state index contributed by atoms with van der Waals surface area (Å²) in [6, 6.07) is 20.3. The van der Waals surface area contributed by atoms with Crippen molar-refractivity contribution in [2.45, 2.75) is 25.2 Å². The summed E-state index contributed by atoms with van der Waals surface area (Å²) in [5.41, 5.74) is 3.16. The van der Waals surface area contributed by atoms with Gasteiger partial charge in [-0.3, -0.25) is 4.79 Å². The van der Waals surface area contributed by atoms with Gasteiger partial charge in [0.15, 0.2) is 6.29 Å². The Kier molecular flexibility index (Phi) is 5.34. The summed E-state index contributed by atoms with van der Waals surface area (Å²) in [6.45, 7) is 2.03. The highest BCUT2D eigenvalue weighted by Crippen LogP contribution is 2.48. The number of rotatable bonds is 7. The fourth-order valence-electron chi connectivity index (χ4n) is 4.08. The van der Waals surface area contributed by atoms with Gasteiger partial charge in [0.1, 0.15) is 5.82 Å². The normalized spacial score (nSPS) is 20.9. The van der Waals surface area contributed by atoms with Crippen LogP contribution in [0.2, 0.25) is 0 Å². The zero-order valence-corrected chi connectivity index (χ0v) is 16.7. The van der Waals surface area contributed by atoms with Crippen LogP contribution in [0.5, 0.6) is 0 Å². The van der Waals surface area contributed by atoms with Crippen LogP contribution in [0.1, 0.15) is 23.6 Å². The second-order valence-electron chi connectivity index (χ2n) is 7.87. The third-order valence-electron chi connectivity index (χ3n) is 5.74. The van der Waals surface area contributed by atoms with E-state index in [4.69, 9.17) is 9.47 Å². The van der Waals surface area contributed by atoms with Crippen LogP contribution in [0.4, 0.5) is 0 Å². The summed E-state index contributed by atoms with van der Waals surface area (Å²) in [6.07, 6.45) is 2.34. The maximum Gasteiger partial charge on any atom is 0.226 e. The molecule has 0 radical (unpaired) electrons. The first kappa shape index (κ1) is 19.0. The van der Waals surface area contributed by atoms with Crippen LogP contribution in [0.15, 0.2) is 66.9 Å². The third-order valence-corrected chi connectivity index (χ3v) is 5.74. The van der Waals surface area contributed by atoms with E-state index in [2.05, 4.69) is 22.1 Å². The number of ether oxygens (including phenoxy) is 2. The van der Waals surface area contributed by atoms with E-state index in [9.17, 15) is 4.79 Å². The molecule has 2 heterocycles. The number of carbonyl (C=O) groups is 1. The average Bonchev–Trinajstić information content (AvgIpc) is 3.17. The summed E-state index contributed by atoms with van der Waals surface area (Å²) in [5.74, 6) is 1.28. The number of aromatic nitrogens is 2. The van der Waals surface area contributed by atoms with Gasteiger partial charge < -0.3 is 19.4 Å². The predicted octanol–water partition coefficient (Wildman–Crippen LogP) is 3.58. The number of nitrogens with one attached hydrogen (secondary N) is 1. The second-order valence-corrected chi connectivity index (χ2v) is 7.87. The Morgan fingerprint density at radius 3 is 2.47 bits per heavy atom. The standard InChI is InChI=1S/C24H25N3O3/c28-24(21-13-20(21)17-7-3-1-4-8-17)27(16-22-29-11-12-30-22)15-19-14-25-23(26-19)18-9-5-2-6-10-18/h1-10,14,20-22H,11-13,15-16H2,(H,25,26)/t20-,21+/m0/s1. The van der Waals surface area contributed by atoms with Crippen LogP contribution in [0.3, 0.4) is 0 Å². The quantitative estimate of drug-likeness (QED) is 0.655. The monoisotopic (exact) mass is 403 g/mol. The molecule has 1 aliphatic carbocycles. The van der Waals surface area contributed by atoms with Crippen LogP contribution < -0.4 is 0 Å². The molecule has 0 unspecified atom stereocenters. The number of hydrogen-bond acceptors (Lipinski definition) is 4. The van der Waals surface area contributed by atoms with Crippen molar-refractivity contribution in [3.05, 3.63) is 78.1 Å². The highest BCUT2D eigenvalue weighted by molar-refractivity contribution is 5.83. The summed E-state index contributed by atoms with van der Waals surface area (Å²) < 4.78 is 11.2. The summed E-state index contributed by atoms with van der Waals surface area (Å²) >= 11 is 0. The summed E-state index contributed by atoms with van der Waals surface area (Å²) in [4.78, 5) is 23.0. The largest absolute Gasteiger partial charge is 0.348 e. The molecule has 2 aliphatic rings. The number of hydrogen-bond donors (Lipinski definition) is 1. The number of benzene rings is 2. The van der Waals surface area contributed by atoms with Crippen molar-refractivity contribution in [2.75, 3.05) is 19.8 Å². The van der Waals surface area contributed by atoms with Crippen molar-refractivity contribution >= 4 is 5.91 Å². The number of H-pyrrole nitrogens is 1. The van der Waals surface area contributed by atoms with Gasteiger partial charge in [-0.25, -0.2) is 4.98 Å². The van der Waals surface area contributed by atoms with Crippen molar-refractivity contribution < 1.29 is 14.3 Å². The Hall–Kier alpha value is -2.96. The van der Waals surface area contributed by atoms with Gasteiger partial charge in [0.2, 0.25) is 5.91 Å². The zero-order valence-electron chi connectivity index (χ0n) is 16.7. The molecule has 1 N–H and O–H groups in total. The van der Waals surface area contributed by atoms with Crippen molar-refractivity contribution in [3.8, 4) is 11.4 Å². The van der Waals surface area contributed by atoms with Gasteiger partial charge in [0, 0.05) is 11.5 Å². The van der Waals surface area contributed by atoms with Gasteiger partial charge in [-0.2, -0.15) is 0 Å². The fourth-order valence-corrected chi connectivity index (χ4v) is 4.08. The predicted molar refractivity (Wildman–Crippen MR) is 112 cm³/mol. The lowest BCUT2D eigenvalue weighted by Gasteiger charge is -2.25. The summed E-state index contributed by atoms with van der Waals surface area (Å²) in [7, 11) is 0. The van der Waals surface area contributed by atoms with Gasteiger partial charge in [0.05, 0.1) is 38.2 Å². The molecule has 3 aromatic rings. The molecule has 1 aromatic heterocycles. The number of amides is 1. The molecule has 0 spiro atoms. The lowest BCUT2D eigenvalue weighted by molar-refractivity contribution is -0.139. The van der Waals surface area contributed by atoms with E-state index in [-0.39, 0.29) is 18.1 Å². The van der Waals surface area contributed by atoms with E-state index in [0.717, 1.165) is 23.5 Å². The van der Waals surface area contributed by atoms with E-state index >= 15 is 0 Å².